The predicted molar refractivity (Wildman–Crippen MR) is 111 cm³/mol. The highest BCUT2D eigenvalue weighted by Crippen LogP contribution is 2.25. The van der Waals surface area contributed by atoms with E-state index in [1.807, 2.05) is 30.0 Å². The highest BCUT2D eigenvalue weighted by molar-refractivity contribution is 5.94. The third kappa shape index (κ3) is 3.78. The highest BCUT2D eigenvalue weighted by atomic mass is 19.1. The number of piperazine rings is 1. The van der Waals surface area contributed by atoms with Gasteiger partial charge in [-0.2, -0.15) is 0 Å². The molecule has 1 N–H and O–H groups in total. The molecule has 4 rings (SSSR count). The first-order valence-electron chi connectivity index (χ1n) is 9.72. The topological polar surface area (TPSA) is 69.3 Å². The second-order valence-corrected chi connectivity index (χ2v) is 7.39. The van der Waals surface area contributed by atoms with Crippen molar-refractivity contribution in [2.75, 3.05) is 31.1 Å². The molecule has 1 aliphatic heterocycles. The van der Waals surface area contributed by atoms with Crippen LogP contribution in [0.25, 0.3) is 10.9 Å². The fourth-order valence-corrected chi connectivity index (χ4v) is 3.81. The molecule has 0 unspecified atom stereocenters. The summed E-state index contributed by atoms with van der Waals surface area (Å²) < 4.78 is 14.5. The molecule has 0 aliphatic carbocycles. The maximum atomic E-state index is 14.5. The first-order chi connectivity index (χ1) is 13.9. The molecule has 0 amide bonds. The Kier molecular flexibility index (Phi) is 5.15. The standard InChI is InChI=1S/C22H23FN4O2/c1-14(21-24-19-6-4-3-5-17(19)22(29)25-21)26-9-11-27(12-10-26)20-8-7-16(15(2)28)13-18(20)23/h3-8,13-14H,9-12H2,1-2H3,(H,24,25,29)/t14-/m0/s1. The SMILES string of the molecule is CC(=O)c1ccc(N2CCN([C@@H](C)c3nc4ccccc4c(=O)[nH]3)CC2)c(F)c1. The number of para-hydroxylation sites is 1. The number of Topliss-reactive ketones (excluding diaryl/α,β-unsaturated/α-hetero) is 1. The van der Waals surface area contributed by atoms with Crippen LogP contribution in [0.4, 0.5) is 10.1 Å². The molecule has 0 radical (unpaired) electrons. The molecule has 2 heterocycles. The summed E-state index contributed by atoms with van der Waals surface area (Å²) in [7, 11) is 0. The summed E-state index contributed by atoms with van der Waals surface area (Å²) in [6, 6.07) is 11.9. The normalized spacial score (nSPS) is 16.2. The van der Waals surface area contributed by atoms with Crippen molar-refractivity contribution in [1.82, 2.24) is 14.9 Å². The Balaban J connectivity index is 1.48. The van der Waals surface area contributed by atoms with Crippen molar-refractivity contribution < 1.29 is 9.18 Å². The van der Waals surface area contributed by atoms with Gasteiger partial charge in [0, 0.05) is 31.7 Å². The van der Waals surface area contributed by atoms with Crippen molar-refractivity contribution in [2.24, 2.45) is 0 Å². The molecular formula is C22H23FN4O2. The molecule has 0 spiro atoms. The number of ketones is 1. The predicted octanol–water partition coefficient (Wildman–Crippen LogP) is 3.15. The van der Waals surface area contributed by atoms with Gasteiger partial charge in [0.1, 0.15) is 11.6 Å². The van der Waals surface area contributed by atoms with E-state index in [1.165, 1.54) is 13.0 Å². The Labute approximate surface area is 168 Å². The lowest BCUT2D eigenvalue weighted by Crippen LogP contribution is -2.47. The van der Waals surface area contributed by atoms with Crippen molar-refractivity contribution in [3.8, 4) is 0 Å². The second-order valence-electron chi connectivity index (χ2n) is 7.39. The Bertz CT molecular complexity index is 1120. The fourth-order valence-electron chi connectivity index (χ4n) is 3.81. The van der Waals surface area contributed by atoms with Gasteiger partial charge in [-0.05, 0) is 44.2 Å². The number of hydrogen-bond donors (Lipinski definition) is 1. The van der Waals surface area contributed by atoms with E-state index in [0.717, 1.165) is 0 Å². The monoisotopic (exact) mass is 394 g/mol. The van der Waals surface area contributed by atoms with Crippen molar-refractivity contribution in [3.63, 3.8) is 0 Å². The summed E-state index contributed by atoms with van der Waals surface area (Å²) in [6.45, 7) is 6.18. The number of nitrogens with zero attached hydrogens (tertiary/aromatic N) is 3. The average molecular weight is 394 g/mol. The maximum absolute atomic E-state index is 14.5. The minimum atomic E-state index is -0.375. The number of rotatable bonds is 4. The number of anilines is 1. The van der Waals surface area contributed by atoms with Crippen LogP contribution in [0.15, 0.2) is 47.3 Å². The zero-order valence-electron chi connectivity index (χ0n) is 16.5. The molecule has 0 bridgehead atoms. The summed E-state index contributed by atoms with van der Waals surface area (Å²) in [4.78, 5) is 35.5. The van der Waals surface area contributed by atoms with Crippen LogP contribution in [0.5, 0.6) is 0 Å². The Morgan fingerprint density at radius 1 is 1.14 bits per heavy atom. The van der Waals surface area contributed by atoms with E-state index in [2.05, 4.69) is 14.9 Å². The molecule has 1 atom stereocenters. The first kappa shape index (κ1) is 19.3. The summed E-state index contributed by atoms with van der Waals surface area (Å²) in [6.07, 6.45) is 0. The third-order valence-electron chi connectivity index (χ3n) is 5.58. The smallest absolute Gasteiger partial charge is 0.258 e. The van der Waals surface area contributed by atoms with E-state index in [4.69, 9.17) is 0 Å². The van der Waals surface area contributed by atoms with Crippen LogP contribution in [-0.2, 0) is 0 Å². The molecule has 1 saturated heterocycles. The number of carbonyl (C=O) groups excluding carboxylic acids is 1. The highest BCUT2D eigenvalue weighted by Gasteiger charge is 2.25. The zero-order chi connectivity index (χ0) is 20.5. The quantitative estimate of drug-likeness (QED) is 0.689. The molecule has 29 heavy (non-hydrogen) atoms. The third-order valence-corrected chi connectivity index (χ3v) is 5.58. The lowest BCUT2D eigenvalue weighted by molar-refractivity contribution is 0.101. The van der Waals surface area contributed by atoms with Crippen LogP contribution in [0.1, 0.15) is 36.1 Å². The first-order valence-corrected chi connectivity index (χ1v) is 9.72. The minimum Gasteiger partial charge on any atom is -0.367 e. The molecule has 7 heteroatoms. The van der Waals surface area contributed by atoms with E-state index in [-0.39, 0.29) is 23.2 Å². The molecular weight excluding hydrogens is 371 g/mol. The van der Waals surface area contributed by atoms with Gasteiger partial charge in [0.15, 0.2) is 5.78 Å². The summed E-state index contributed by atoms with van der Waals surface area (Å²) in [5, 5.41) is 0.581. The van der Waals surface area contributed by atoms with E-state index < -0.39 is 0 Å². The molecule has 2 aromatic carbocycles. The molecule has 0 saturated carbocycles. The molecule has 3 aromatic rings. The van der Waals surface area contributed by atoms with Gasteiger partial charge >= 0.3 is 0 Å². The molecule has 1 fully saturated rings. The number of aromatic nitrogens is 2. The van der Waals surface area contributed by atoms with Gasteiger partial charge in [-0.25, -0.2) is 9.37 Å². The Hall–Kier alpha value is -3.06. The minimum absolute atomic E-state index is 0.0561. The molecule has 150 valence electrons. The van der Waals surface area contributed by atoms with Crippen molar-refractivity contribution >= 4 is 22.4 Å². The lowest BCUT2D eigenvalue weighted by Gasteiger charge is -2.38. The van der Waals surface area contributed by atoms with E-state index in [9.17, 15) is 14.0 Å². The number of hydrogen-bond acceptors (Lipinski definition) is 5. The summed E-state index contributed by atoms with van der Waals surface area (Å²) in [5.41, 5.74) is 1.44. The number of carbonyl (C=O) groups is 1. The number of benzene rings is 2. The molecule has 1 aliphatic rings. The zero-order valence-corrected chi connectivity index (χ0v) is 16.5. The van der Waals surface area contributed by atoms with E-state index >= 15 is 0 Å². The largest absolute Gasteiger partial charge is 0.367 e. The van der Waals surface area contributed by atoms with Crippen molar-refractivity contribution in [3.05, 3.63) is 70.0 Å². The van der Waals surface area contributed by atoms with Crippen LogP contribution < -0.4 is 10.5 Å². The van der Waals surface area contributed by atoms with Gasteiger partial charge in [-0.3, -0.25) is 14.5 Å². The van der Waals surface area contributed by atoms with Crippen LogP contribution in [-0.4, -0.2) is 46.8 Å². The van der Waals surface area contributed by atoms with Crippen LogP contribution in [0.2, 0.25) is 0 Å². The number of nitrogens with one attached hydrogen (secondary N) is 1. The van der Waals surface area contributed by atoms with E-state index in [1.54, 1.807) is 18.2 Å². The van der Waals surface area contributed by atoms with Gasteiger partial charge in [0.05, 0.1) is 22.6 Å². The summed E-state index contributed by atoms with van der Waals surface area (Å²) >= 11 is 0. The number of fused-ring (bicyclic) bond motifs is 1. The average Bonchev–Trinajstić information content (AvgIpc) is 2.73. The van der Waals surface area contributed by atoms with Gasteiger partial charge in [0.25, 0.3) is 5.56 Å². The van der Waals surface area contributed by atoms with Gasteiger partial charge in [-0.15, -0.1) is 0 Å². The van der Waals surface area contributed by atoms with Crippen molar-refractivity contribution in [1.29, 1.82) is 0 Å². The summed E-state index contributed by atoms with van der Waals surface area (Å²) in [5.74, 6) is 0.116. The number of aromatic amines is 1. The number of H-pyrrole nitrogens is 1. The molecule has 6 nitrogen and oxygen atoms in total. The van der Waals surface area contributed by atoms with Crippen LogP contribution in [0, 0.1) is 5.82 Å². The van der Waals surface area contributed by atoms with Gasteiger partial charge < -0.3 is 9.88 Å². The van der Waals surface area contributed by atoms with Crippen LogP contribution >= 0.6 is 0 Å². The molecule has 1 aromatic heterocycles. The fraction of sp³-hybridized carbons (Fsp3) is 0.318. The Morgan fingerprint density at radius 2 is 1.86 bits per heavy atom. The van der Waals surface area contributed by atoms with Crippen molar-refractivity contribution in [2.45, 2.75) is 19.9 Å². The lowest BCUT2D eigenvalue weighted by atomic mass is 10.1. The second kappa shape index (κ2) is 7.75. The van der Waals surface area contributed by atoms with Gasteiger partial charge in [0.2, 0.25) is 0 Å². The van der Waals surface area contributed by atoms with Gasteiger partial charge in [-0.1, -0.05) is 12.1 Å². The maximum Gasteiger partial charge on any atom is 0.258 e. The van der Waals surface area contributed by atoms with Crippen LogP contribution in [0.3, 0.4) is 0 Å². The van der Waals surface area contributed by atoms with E-state index in [0.29, 0.717) is 54.2 Å². The number of halogens is 1. The Morgan fingerprint density at radius 3 is 2.55 bits per heavy atom.